The topological polar surface area (TPSA) is 46.3 Å². The van der Waals surface area contributed by atoms with E-state index in [9.17, 15) is 4.79 Å². The van der Waals surface area contributed by atoms with Gasteiger partial charge in [-0.2, -0.15) is 11.8 Å². The Morgan fingerprint density at radius 3 is 2.89 bits per heavy atom. The Morgan fingerprint density at radius 2 is 2.04 bits per heavy atom. The van der Waals surface area contributed by atoms with Crippen LogP contribution in [0.15, 0.2) is 58.2 Å². The van der Waals surface area contributed by atoms with Crippen LogP contribution in [0.4, 0.5) is 0 Å². The highest BCUT2D eigenvalue weighted by molar-refractivity contribution is 7.99. The third-order valence-electron chi connectivity index (χ3n) is 4.54. The van der Waals surface area contributed by atoms with Gasteiger partial charge in [0.05, 0.1) is 5.75 Å². The summed E-state index contributed by atoms with van der Waals surface area (Å²) in [7, 11) is 0. The summed E-state index contributed by atoms with van der Waals surface area (Å²) in [4.78, 5) is 19.0. The van der Waals surface area contributed by atoms with Crippen LogP contribution in [0.2, 0.25) is 5.02 Å². The summed E-state index contributed by atoms with van der Waals surface area (Å²) in [5, 5.41) is 1.69. The van der Waals surface area contributed by atoms with E-state index in [4.69, 9.17) is 16.0 Å². The highest BCUT2D eigenvalue weighted by Crippen LogP contribution is 2.38. The van der Waals surface area contributed by atoms with Gasteiger partial charge in [0.1, 0.15) is 5.52 Å². The molecule has 1 aliphatic heterocycles. The first-order valence-electron chi connectivity index (χ1n) is 8.83. The van der Waals surface area contributed by atoms with Crippen LogP contribution in [-0.2, 0) is 4.79 Å². The molecule has 7 heteroatoms. The van der Waals surface area contributed by atoms with E-state index in [1.54, 1.807) is 0 Å². The second kappa shape index (κ2) is 8.59. The molecule has 4 rings (SSSR count). The number of carbonyl (C=O) groups is 1. The molecule has 1 amide bonds. The lowest BCUT2D eigenvalue weighted by molar-refractivity contribution is -0.128. The molecule has 2 heterocycles. The molecular weight excluding hydrogens is 400 g/mol. The SMILES string of the molecule is O=C(CSc1nc2ccccc2o1)N1CCS[C@@H](c2ccccc2Cl)CC1. The summed E-state index contributed by atoms with van der Waals surface area (Å²) in [6, 6.07) is 15.6. The molecule has 0 bridgehead atoms. The molecule has 0 aliphatic carbocycles. The lowest BCUT2D eigenvalue weighted by Gasteiger charge is -2.20. The van der Waals surface area contributed by atoms with Crippen LogP contribution in [0.1, 0.15) is 17.2 Å². The minimum Gasteiger partial charge on any atom is -0.431 e. The molecule has 27 heavy (non-hydrogen) atoms. The van der Waals surface area contributed by atoms with Gasteiger partial charge < -0.3 is 9.32 Å². The number of amides is 1. The Balaban J connectivity index is 1.34. The number of fused-ring (bicyclic) bond motifs is 1. The van der Waals surface area contributed by atoms with Crippen LogP contribution in [0, 0.1) is 0 Å². The van der Waals surface area contributed by atoms with Crippen LogP contribution in [-0.4, -0.2) is 40.4 Å². The zero-order chi connectivity index (χ0) is 18.6. The average molecular weight is 419 g/mol. The van der Waals surface area contributed by atoms with Gasteiger partial charge in [0.2, 0.25) is 5.91 Å². The number of benzene rings is 2. The van der Waals surface area contributed by atoms with Crippen molar-refractivity contribution in [2.75, 3.05) is 24.6 Å². The van der Waals surface area contributed by atoms with E-state index in [0.29, 0.717) is 16.2 Å². The number of rotatable bonds is 4. The Morgan fingerprint density at radius 1 is 1.22 bits per heavy atom. The summed E-state index contributed by atoms with van der Waals surface area (Å²) in [5.74, 6) is 1.38. The second-order valence-electron chi connectivity index (χ2n) is 6.29. The molecule has 0 spiro atoms. The highest BCUT2D eigenvalue weighted by Gasteiger charge is 2.23. The molecule has 4 nitrogen and oxygen atoms in total. The first kappa shape index (κ1) is 18.7. The first-order valence-corrected chi connectivity index (χ1v) is 11.2. The van der Waals surface area contributed by atoms with E-state index >= 15 is 0 Å². The van der Waals surface area contributed by atoms with E-state index in [0.717, 1.165) is 41.4 Å². The third kappa shape index (κ3) is 4.45. The first-order chi connectivity index (χ1) is 13.2. The van der Waals surface area contributed by atoms with Crippen LogP contribution < -0.4 is 0 Å². The van der Waals surface area contributed by atoms with E-state index in [-0.39, 0.29) is 5.91 Å². The molecule has 1 fully saturated rings. The molecule has 140 valence electrons. The molecule has 0 unspecified atom stereocenters. The monoisotopic (exact) mass is 418 g/mol. The predicted octanol–water partition coefficient (Wildman–Crippen LogP) is 5.28. The van der Waals surface area contributed by atoms with Crippen molar-refractivity contribution in [3.8, 4) is 0 Å². The number of hydrogen-bond acceptors (Lipinski definition) is 5. The second-order valence-corrected chi connectivity index (χ2v) is 8.93. The third-order valence-corrected chi connectivity index (χ3v) is 7.01. The summed E-state index contributed by atoms with van der Waals surface area (Å²) < 4.78 is 5.68. The molecule has 1 aromatic heterocycles. The lowest BCUT2D eigenvalue weighted by Crippen LogP contribution is -2.34. The zero-order valence-electron chi connectivity index (χ0n) is 14.6. The highest BCUT2D eigenvalue weighted by atomic mass is 35.5. The van der Waals surface area contributed by atoms with Gasteiger partial charge in [-0.1, -0.05) is 53.7 Å². The summed E-state index contributed by atoms with van der Waals surface area (Å²) in [6.45, 7) is 1.51. The van der Waals surface area contributed by atoms with E-state index in [2.05, 4.69) is 11.1 Å². The fourth-order valence-electron chi connectivity index (χ4n) is 3.13. The molecule has 0 saturated carbocycles. The maximum Gasteiger partial charge on any atom is 0.257 e. The number of thioether (sulfide) groups is 2. The van der Waals surface area contributed by atoms with Crippen molar-refractivity contribution in [1.82, 2.24) is 9.88 Å². The van der Waals surface area contributed by atoms with Gasteiger partial charge in [-0.3, -0.25) is 4.79 Å². The molecule has 1 aliphatic rings. The maximum absolute atomic E-state index is 12.6. The summed E-state index contributed by atoms with van der Waals surface area (Å²) in [6.07, 6.45) is 0.910. The molecule has 0 radical (unpaired) electrons. The summed E-state index contributed by atoms with van der Waals surface area (Å²) in [5.41, 5.74) is 2.74. The van der Waals surface area contributed by atoms with Crippen LogP contribution >= 0.6 is 35.1 Å². The number of para-hydroxylation sites is 2. The molecule has 1 atom stereocenters. The van der Waals surface area contributed by atoms with Crippen molar-refractivity contribution in [3.63, 3.8) is 0 Å². The minimum absolute atomic E-state index is 0.127. The smallest absolute Gasteiger partial charge is 0.257 e. The minimum atomic E-state index is 0.127. The van der Waals surface area contributed by atoms with Crippen molar-refractivity contribution in [2.24, 2.45) is 0 Å². The van der Waals surface area contributed by atoms with Gasteiger partial charge in [-0.05, 0) is 30.2 Å². The van der Waals surface area contributed by atoms with Crippen molar-refractivity contribution >= 4 is 52.1 Å². The van der Waals surface area contributed by atoms with Crippen LogP contribution in [0.5, 0.6) is 0 Å². The van der Waals surface area contributed by atoms with Gasteiger partial charge in [0, 0.05) is 29.1 Å². The van der Waals surface area contributed by atoms with Crippen LogP contribution in [0.25, 0.3) is 11.1 Å². The number of nitrogens with zero attached hydrogens (tertiary/aromatic N) is 2. The number of oxazole rings is 1. The Bertz CT molecular complexity index is 913. The van der Waals surface area contributed by atoms with Gasteiger partial charge in [-0.15, -0.1) is 0 Å². The average Bonchev–Trinajstić information content (AvgIpc) is 2.94. The van der Waals surface area contributed by atoms with Gasteiger partial charge in [0.15, 0.2) is 5.58 Å². The Labute approximate surface area is 171 Å². The lowest BCUT2D eigenvalue weighted by atomic mass is 10.1. The Kier molecular flexibility index (Phi) is 5.95. The molecule has 1 saturated heterocycles. The van der Waals surface area contributed by atoms with E-state index in [1.165, 1.54) is 17.3 Å². The van der Waals surface area contributed by atoms with Crippen molar-refractivity contribution in [2.45, 2.75) is 16.9 Å². The van der Waals surface area contributed by atoms with E-state index in [1.807, 2.05) is 59.1 Å². The number of halogens is 1. The van der Waals surface area contributed by atoms with Gasteiger partial charge in [0.25, 0.3) is 5.22 Å². The normalized spacial score (nSPS) is 17.8. The number of aromatic nitrogens is 1. The number of hydrogen-bond donors (Lipinski definition) is 0. The quantitative estimate of drug-likeness (QED) is 0.539. The standard InChI is InChI=1S/C20H19ClN2O2S2/c21-15-6-2-1-5-14(15)18-9-10-23(11-12-26-18)19(24)13-27-20-22-16-7-3-4-8-17(16)25-20/h1-8,18H,9-13H2/t18-/m1/s1. The fraction of sp³-hybridized carbons (Fsp3) is 0.300. The molecule has 2 aromatic carbocycles. The van der Waals surface area contributed by atoms with Crippen molar-refractivity contribution in [3.05, 3.63) is 59.1 Å². The predicted molar refractivity (Wildman–Crippen MR) is 113 cm³/mol. The molecule has 0 N–H and O–H groups in total. The van der Waals surface area contributed by atoms with E-state index < -0.39 is 0 Å². The fourth-order valence-corrected chi connectivity index (χ4v) is 5.47. The van der Waals surface area contributed by atoms with Crippen molar-refractivity contribution in [1.29, 1.82) is 0 Å². The largest absolute Gasteiger partial charge is 0.431 e. The maximum atomic E-state index is 12.6. The van der Waals surface area contributed by atoms with Gasteiger partial charge in [-0.25, -0.2) is 4.98 Å². The molecular formula is C20H19ClN2O2S2. The van der Waals surface area contributed by atoms with Crippen molar-refractivity contribution < 1.29 is 9.21 Å². The zero-order valence-corrected chi connectivity index (χ0v) is 17.0. The summed E-state index contributed by atoms with van der Waals surface area (Å²) >= 11 is 9.58. The number of carbonyl (C=O) groups excluding carboxylic acids is 1. The van der Waals surface area contributed by atoms with Gasteiger partial charge >= 0.3 is 0 Å². The van der Waals surface area contributed by atoms with Crippen LogP contribution in [0.3, 0.4) is 0 Å². The Hall–Kier alpha value is -1.63. The molecule has 3 aromatic rings.